The van der Waals surface area contributed by atoms with Crippen molar-refractivity contribution in [3.8, 4) is 5.75 Å². The number of nitrogens with one attached hydrogen (secondary N) is 1. The largest absolute Gasteiger partial charge is 0.433 e. The first-order valence-corrected chi connectivity index (χ1v) is 6.64. The van der Waals surface area contributed by atoms with Gasteiger partial charge in [0.05, 0.1) is 5.02 Å². The minimum absolute atomic E-state index is 0.0277. The molecular weight excluding hydrogens is 326 g/mol. The van der Waals surface area contributed by atoms with Crippen LogP contribution in [-0.2, 0) is 6.54 Å². The third kappa shape index (κ3) is 4.19. The second-order valence-corrected chi connectivity index (χ2v) is 4.89. The summed E-state index contributed by atoms with van der Waals surface area (Å²) in [5.41, 5.74) is 0.837. The lowest BCUT2D eigenvalue weighted by molar-refractivity contribution is -0.0497. The van der Waals surface area contributed by atoms with Crippen molar-refractivity contribution < 1.29 is 17.9 Å². The summed E-state index contributed by atoms with van der Waals surface area (Å²) in [5.74, 6) is -0.556. The van der Waals surface area contributed by atoms with Gasteiger partial charge in [-0.1, -0.05) is 29.3 Å². The maximum absolute atomic E-state index is 13.6. The van der Waals surface area contributed by atoms with Crippen molar-refractivity contribution in [2.45, 2.75) is 13.2 Å². The highest BCUT2D eigenvalue weighted by atomic mass is 35.5. The Bertz CT molecular complexity index is 617. The van der Waals surface area contributed by atoms with Crippen molar-refractivity contribution in [2.24, 2.45) is 0 Å². The van der Waals surface area contributed by atoms with Crippen LogP contribution in [0.15, 0.2) is 36.4 Å². The monoisotopic (exact) mass is 335 g/mol. The van der Waals surface area contributed by atoms with Crippen molar-refractivity contribution in [3.63, 3.8) is 0 Å². The van der Waals surface area contributed by atoms with Crippen LogP contribution in [0.4, 0.5) is 18.9 Å². The fourth-order valence-corrected chi connectivity index (χ4v) is 2.15. The van der Waals surface area contributed by atoms with Gasteiger partial charge in [-0.2, -0.15) is 8.78 Å². The highest BCUT2D eigenvalue weighted by molar-refractivity contribution is 6.32. The fraction of sp³-hybridized carbons (Fsp3) is 0.143. The third-order valence-corrected chi connectivity index (χ3v) is 3.33. The van der Waals surface area contributed by atoms with Gasteiger partial charge >= 0.3 is 6.61 Å². The molecule has 0 aliphatic rings. The van der Waals surface area contributed by atoms with E-state index in [0.717, 1.165) is 0 Å². The molecule has 0 aliphatic carbocycles. The van der Waals surface area contributed by atoms with Crippen LogP contribution in [0.1, 0.15) is 5.56 Å². The lowest BCUT2D eigenvalue weighted by Gasteiger charge is -2.11. The maximum atomic E-state index is 13.6. The summed E-state index contributed by atoms with van der Waals surface area (Å²) >= 11 is 11.7. The number of halogens is 5. The van der Waals surface area contributed by atoms with Crippen molar-refractivity contribution >= 4 is 28.9 Å². The first-order valence-electron chi connectivity index (χ1n) is 5.88. The number of anilines is 1. The Hall–Kier alpha value is -1.59. The van der Waals surface area contributed by atoms with Gasteiger partial charge in [0.15, 0.2) is 0 Å². The van der Waals surface area contributed by atoms with Crippen LogP contribution in [0.25, 0.3) is 0 Å². The molecule has 0 unspecified atom stereocenters. The van der Waals surface area contributed by atoms with Crippen molar-refractivity contribution in [2.75, 3.05) is 5.32 Å². The minimum atomic E-state index is -2.95. The van der Waals surface area contributed by atoms with E-state index in [2.05, 4.69) is 10.1 Å². The van der Waals surface area contributed by atoms with Gasteiger partial charge in [0.25, 0.3) is 0 Å². The first kappa shape index (κ1) is 15.8. The number of alkyl halides is 2. The standard InChI is InChI=1S/C14H10Cl2F3NO/c15-10-2-1-3-12(17)9(10)7-20-8-4-5-13(11(16)6-8)21-14(18)19/h1-6,14,20H,7H2. The molecule has 2 aromatic carbocycles. The highest BCUT2D eigenvalue weighted by Crippen LogP contribution is 2.29. The molecule has 2 nitrogen and oxygen atoms in total. The SMILES string of the molecule is Fc1cccc(Cl)c1CNc1ccc(OC(F)F)c(Cl)c1. The average molecular weight is 336 g/mol. The smallest absolute Gasteiger partial charge is 0.387 e. The molecule has 0 radical (unpaired) electrons. The maximum Gasteiger partial charge on any atom is 0.387 e. The molecule has 0 atom stereocenters. The van der Waals surface area contributed by atoms with Crippen LogP contribution >= 0.6 is 23.2 Å². The topological polar surface area (TPSA) is 21.3 Å². The van der Waals surface area contributed by atoms with Crippen LogP contribution in [0.3, 0.4) is 0 Å². The molecule has 0 saturated heterocycles. The van der Waals surface area contributed by atoms with E-state index in [1.165, 1.54) is 30.3 Å². The quantitative estimate of drug-likeness (QED) is 0.795. The molecule has 21 heavy (non-hydrogen) atoms. The van der Waals surface area contributed by atoms with E-state index in [0.29, 0.717) is 16.3 Å². The van der Waals surface area contributed by atoms with Gasteiger partial charge in [0, 0.05) is 22.8 Å². The van der Waals surface area contributed by atoms with Crippen LogP contribution in [-0.4, -0.2) is 6.61 Å². The Morgan fingerprint density at radius 3 is 2.48 bits per heavy atom. The second-order valence-electron chi connectivity index (χ2n) is 4.08. The summed E-state index contributed by atoms with van der Waals surface area (Å²) in [5, 5.41) is 3.24. The van der Waals surface area contributed by atoms with E-state index in [4.69, 9.17) is 23.2 Å². The lowest BCUT2D eigenvalue weighted by atomic mass is 10.2. The van der Waals surface area contributed by atoms with Gasteiger partial charge in [-0.05, 0) is 30.3 Å². The second kappa shape index (κ2) is 6.91. The van der Waals surface area contributed by atoms with Gasteiger partial charge in [-0.15, -0.1) is 0 Å². The summed E-state index contributed by atoms with van der Waals surface area (Å²) in [4.78, 5) is 0. The molecule has 2 rings (SSSR count). The number of hydrogen-bond donors (Lipinski definition) is 1. The Morgan fingerprint density at radius 1 is 1.10 bits per heavy atom. The Labute approximate surface area is 129 Å². The zero-order valence-corrected chi connectivity index (χ0v) is 12.1. The number of hydrogen-bond acceptors (Lipinski definition) is 2. The summed E-state index contributed by atoms with van der Waals surface area (Å²) in [7, 11) is 0. The molecule has 7 heteroatoms. The predicted octanol–water partition coefficient (Wildman–Crippen LogP) is 5.35. The van der Waals surface area contributed by atoms with E-state index in [-0.39, 0.29) is 17.3 Å². The van der Waals surface area contributed by atoms with Gasteiger partial charge < -0.3 is 10.1 Å². The van der Waals surface area contributed by atoms with Crippen molar-refractivity contribution in [3.05, 3.63) is 57.8 Å². The van der Waals surface area contributed by atoms with E-state index >= 15 is 0 Å². The van der Waals surface area contributed by atoms with E-state index in [1.54, 1.807) is 6.07 Å². The van der Waals surface area contributed by atoms with E-state index in [9.17, 15) is 13.2 Å². The molecule has 112 valence electrons. The molecule has 0 fully saturated rings. The molecule has 0 bridgehead atoms. The zero-order valence-electron chi connectivity index (χ0n) is 10.5. The Balaban J connectivity index is 2.09. The van der Waals surface area contributed by atoms with Crippen LogP contribution in [0, 0.1) is 5.82 Å². The predicted molar refractivity (Wildman–Crippen MR) is 76.8 cm³/mol. The molecule has 2 aromatic rings. The molecule has 0 spiro atoms. The number of benzene rings is 2. The minimum Gasteiger partial charge on any atom is -0.433 e. The molecule has 1 N–H and O–H groups in total. The Morgan fingerprint density at radius 2 is 1.86 bits per heavy atom. The van der Waals surface area contributed by atoms with Crippen molar-refractivity contribution in [1.29, 1.82) is 0 Å². The zero-order chi connectivity index (χ0) is 15.4. The average Bonchev–Trinajstić information content (AvgIpc) is 2.41. The summed E-state index contributed by atoms with van der Waals surface area (Å²) in [6.07, 6.45) is 0. The van der Waals surface area contributed by atoms with E-state index < -0.39 is 12.4 Å². The normalized spacial score (nSPS) is 10.8. The summed E-state index contributed by atoms with van der Waals surface area (Å²) in [6.45, 7) is -2.81. The van der Waals surface area contributed by atoms with Gasteiger partial charge in [0.2, 0.25) is 0 Å². The van der Waals surface area contributed by atoms with Gasteiger partial charge in [-0.3, -0.25) is 0 Å². The van der Waals surface area contributed by atoms with Crippen molar-refractivity contribution in [1.82, 2.24) is 0 Å². The fourth-order valence-electron chi connectivity index (χ4n) is 1.69. The highest BCUT2D eigenvalue weighted by Gasteiger charge is 2.10. The third-order valence-electron chi connectivity index (χ3n) is 2.68. The Kier molecular flexibility index (Phi) is 5.20. The summed E-state index contributed by atoms with van der Waals surface area (Å²) in [6, 6.07) is 8.60. The molecule has 0 heterocycles. The molecule has 0 aliphatic heterocycles. The number of rotatable bonds is 5. The van der Waals surface area contributed by atoms with Crippen LogP contribution < -0.4 is 10.1 Å². The van der Waals surface area contributed by atoms with Crippen LogP contribution in [0.2, 0.25) is 10.0 Å². The van der Waals surface area contributed by atoms with Gasteiger partial charge in [0.1, 0.15) is 11.6 Å². The summed E-state index contributed by atoms with van der Waals surface area (Å²) < 4.78 is 42.0. The molecule has 0 aromatic heterocycles. The van der Waals surface area contributed by atoms with Crippen LogP contribution in [0.5, 0.6) is 5.75 Å². The molecular formula is C14H10Cl2F3NO. The first-order chi connectivity index (χ1) is 9.97. The molecule has 0 saturated carbocycles. The van der Waals surface area contributed by atoms with E-state index in [1.807, 2.05) is 0 Å². The lowest BCUT2D eigenvalue weighted by Crippen LogP contribution is -2.04. The van der Waals surface area contributed by atoms with Gasteiger partial charge in [-0.25, -0.2) is 4.39 Å². The molecule has 0 amide bonds. The number of ether oxygens (including phenoxy) is 1.